The minimum absolute atomic E-state index is 0.122. The molecule has 1 N–H and O–H groups in total. The highest BCUT2D eigenvalue weighted by Gasteiger charge is 2.42. The molecule has 0 aliphatic carbocycles. The highest BCUT2D eigenvalue weighted by Crippen LogP contribution is 2.44. The Morgan fingerprint density at radius 2 is 1.67 bits per heavy atom. The van der Waals surface area contributed by atoms with Crippen LogP contribution in [0.4, 0.5) is 0 Å². The van der Waals surface area contributed by atoms with Crippen molar-refractivity contribution in [3.05, 3.63) is 60.5 Å². The topological polar surface area (TPSA) is 75.7 Å². The SMILES string of the molecule is Cc1ccc2c(c1)C(NC(=O)CN1C(=O)c3c(Cl)c(Cl)c(Cl)c(Cl)c3C1=O)CCO2. The number of imide groups is 1. The summed E-state index contributed by atoms with van der Waals surface area (Å²) >= 11 is 24.2. The van der Waals surface area contributed by atoms with Gasteiger partial charge in [-0.15, -0.1) is 0 Å². The molecule has 10 heteroatoms. The van der Waals surface area contributed by atoms with E-state index in [1.54, 1.807) is 0 Å². The first-order chi connectivity index (χ1) is 14.2. The van der Waals surface area contributed by atoms with E-state index in [2.05, 4.69) is 5.32 Å². The fourth-order valence-electron chi connectivity index (χ4n) is 3.59. The lowest BCUT2D eigenvalue weighted by Crippen LogP contribution is -2.42. The maximum absolute atomic E-state index is 12.8. The molecular formula is C20H14Cl4N2O4. The number of rotatable bonds is 3. The molecule has 2 heterocycles. The van der Waals surface area contributed by atoms with Crippen LogP contribution in [0.5, 0.6) is 5.75 Å². The van der Waals surface area contributed by atoms with Crippen LogP contribution in [0.3, 0.4) is 0 Å². The number of ether oxygens (including phenoxy) is 1. The molecule has 0 radical (unpaired) electrons. The van der Waals surface area contributed by atoms with E-state index in [1.165, 1.54) is 0 Å². The van der Waals surface area contributed by atoms with Gasteiger partial charge in [0.05, 0.1) is 43.9 Å². The third-order valence-corrected chi connectivity index (χ3v) is 6.83. The molecule has 2 aliphatic heterocycles. The minimum Gasteiger partial charge on any atom is -0.493 e. The quantitative estimate of drug-likeness (QED) is 0.381. The Kier molecular flexibility index (Phi) is 5.62. The van der Waals surface area contributed by atoms with Gasteiger partial charge in [-0.1, -0.05) is 64.1 Å². The van der Waals surface area contributed by atoms with Crippen molar-refractivity contribution in [1.29, 1.82) is 0 Å². The number of carbonyl (C=O) groups is 3. The zero-order valence-electron chi connectivity index (χ0n) is 15.5. The molecular weight excluding hydrogens is 474 g/mol. The summed E-state index contributed by atoms with van der Waals surface area (Å²) in [7, 11) is 0. The standard InChI is InChI=1S/C20H14Cl4N2O4/c1-8-2-3-11-9(6-8)10(4-5-30-11)25-12(27)7-26-19(28)13-14(20(26)29)16(22)18(24)17(23)15(13)21/h2-3,6,10H,4-5,7H2,1H3,(H,25,27). The first-order valence-electron chi connectivity index (χ1n) is 8.95. The van der Waals surface area contributed by atoms with Gasteiger partial charge in [0.1, 0.15) is 12.3 Å². The zero-order chi connectivity index (χ0) is 21.7. The van der Waals surface area contributed by atoms with Crippen LogP contribution in [-0.2, 0) is 4.79 Å². The van der Waals surface area contributed by atoms with Crippen LogP contribution in [0.15, 0.2) is 18.2 Å². The van der Waals surface area contributed by atoms with E-state index >= 15 is 0 Å². The number of hydrogen-bond acceptors (Lipinski definition) is 4. The third kappa shape index (κ3) is 3.42. The van der Waals surface area contributed by atoms with E-state index in [0.29, 0.717) is 18.8 Å². The predicted octanol–water partition coefficient (Wildman–Crippen LogP) is 4.84. The molecule has 4 rings (SSSR count). The summed E-state index contributed by atoms with van der Waals surface area (Å²) in [6, 6.07) is 5.41. The van der Waals surface area contributed by atoms with Gasteiger partial charge in [0, 0.05) is 12.0 Å². The van der Waals surface area contributed by atoms with Crippen molar-refractivity contribution in [2.24, 2.45) is 0 Å². The number of nitrogens with zero attached hydrogens (tertiary/aromatic N) is 1. The zero-order valence-corrected chi connectivity index (χ0v) is 18.5. The van der Waals surface area contributed by atoms with Crippen molar-refractivity contribution in [3.63, 3.8) is 0 Å². The Hall–Kier alpha value is -1.99. The van der Waals surface area contributed by atoms with Gasteiger partial charge in [-0.25, -0.2) is 0 Å². The van der Waals surface area contributed by atoms with Gasteiger partial charge >= 0.3 is 0 Å². The molecule has 2 aliphatic rings. The molecule has 1 unspecified atom stereocenters. The summed E-state index contributed by atoms with van der Waals surface area (Å²) in [4.78, 5) is 39.0. The van der Waals surface area contributed by atoms with E-state index < -0.39 is 24.3 Å². The lowest BCUT2D eigenvalue weighted by atomic mass is 9.98. The van der Waals surface area contributed by atoms with Crippen LogP contribution in [0, 0.1) is 6.92 Å². The van der Waals surface area contributed by atoms with Crippen molar-refractivity contribution < 1.29 is 19.1 Å². The molecule has 1 atom stereocenters. The first kappa shape index (κ1) is 21.2. The van der Waals surface area contributed by atoms with Gasteiger partial charge in [0.25, 0.3) is 11.8 Å². The molecule has 30 heavy (non-hydrogen) atoms. The number of carbonyl (C=O) groups excluding carboxylic acids is 3. The number of amides is 3. The maximum atomic E-state index is 12.8. The summed E-state index contributed by atoms with van der Waals surface area (Å²) in [5.74, 6) is -1.31. The summed E-state index contributed by atoms with van der Waals surface area (Å²) in [5.41, 5.74) is 1.57. The van der Waals surface area contributed by atoms with Crippen molar-refractivity contribution in [2.75, 3.05) is 13.2 Å². The molecule has 0 aromatic heterocycles. The fraction of sp³-hybridized carbons (Fsp3) is 0.250. The van der Waals surface area contributed by atoms with E-state index in [4.69, 9.17) is 51.1 Å². The monoisotopic (exact) mass is 486 g/mol. The molecule has 0 bridgehead atoms. The van der Waals surface area contributed by atoms with E-state index in [-0.39, 0.29) is 37.3 Å². The molecule has 3 amide bonds. The van der Waals surface area contributed by atoms with Crippen molar-refractivity contribution in [1.82, 2.24) is 10.2 Å². The Morgan fingerprint density at radius 3 is 2.27 bits per heavy atom. The second-order valence-corrected chi connectivity index (χ2v) is 8.51. The van der Waals surface area contributed by atoms with E-state index in [0.717, 1.165) is 16.0 Å². The van der Waals surface area contributed by atoms with E-state index in [9.17, 15) is 14.4 Å². The first-order valence-corrected chi connectivity index (χ1v) is 10.5. The molecule has 2 aromatic carbocycles. The average Bonchev–Trinajstić information content (AvgIpc) is 2.96. The second-order valence-electron chi connectivity index (χ2n) is 7.00. The van der Waals surface area contributed by atoms with Crippen LogP contribution in [0.2, 0.25) is 20.1 Å². The molecule has 0 fully saturated rings. The molecule has 2 aromatic rings. The maximum Gasteiger partial charge on any atom is 0.263 e. The summed E-state index contributed by atoms with van der Waals surface area (Å²) in [6.07, 6.45) is 0.563. The fourth-order valence-corrected chi connectivity index (χ4v) is 4.60. The Balaban J connectivity index is 1.56. The van der Waals surface area contributed by atoms with Crippen LogP contribution < -0.4 is 10.1 Å². The third-order valence-electron chi connectivity index (χ3n) is 5.03. The number of fused-ring (bicyclic) bond motifs is 2. The number of aryl methyl sites for hydroxylation is 1. The van der Waals surface area contributed by atoms with Crippen LogP contribution in [0.25, 0.3) is 0 Å². The van der Waals surface area contributed by atoms with Gasteiger partial charge in [-0.2, -0.15) is 0 Å². The molecule has 156 valence electrons. The van der Waals surface area contributed by atoms with Crippen molar-refractivity contribution in [2.45, 2.75) is 19.4 Å². The highest BCUT2D eigenvalue weighted by molar-refractivity contribution is 6.55. The van der Waals surface area contributed by atoms with Gasteiger partial charge in [0.2, 0.25) is 5.91 Å². The Labute approximate surface area is 192 Å². The highest BCUT2D eigenvalue weighted by atomic mass is 35.5. The summed E-state index contributed by atoms with van der Waals surface area (Å²) in [6.45, 7) is 1.89. The normalized spacial score (nSPS) is 17.5. The average molecular weight is 488 g/mol. The number of halogens is 4. The predicted molar refractivity (Wildman–Crippen MR) is 114 cm³/mol. The molecule has 0 saturated heterocycles. The number of nitrogens with one attached hydrogen (secondary N) is 1. The minimum atomic E-state index is -0.751. The summed E-state index contributed by atoms with van der Waals surface area (Å²) < 4.78 is 5.62. The molecule has 0 saturated carbocycles. The summed E-state index contributed by atoms with van der Waals surface area (Å²) in [5, 5.41) is 2.28. The Morgan fingerprint density at radius 1 is 1.07 bits per heavy atom. The van der Waals surface area contributed by atoms with E-state index in [1.807, 2.05) is 25.1 Å². The molecule has 0 spiro atoms. The van der Waals surface area contributed by atoms with Crippen LogP contribution in [-0.4, -0.2) is 35.8 Å². The Bertz CT molecular complexity index is 1070. The van der Waals surface area contributed by atoms with Gasteiger partial charge in [-0.3, -0.25) is 19.3 Å². The van der Waals surface area contributed by atoms with Gasteiger partial charge in [-0.05, 0) is 13.0 Å². The second kappa shape index (κ2) is 7.93. The van der Waals surface area contributed by atoms with Gasteiger partial charge < -0.3 is 10.1 Å². The number of hydrogen-bond donors (Lipinski definition) is 1. The largest absolute Gasteiger partial charge is 0.493 e. The lowest BCUT2D eigenvalue weighted by Gasteiger charge is -2.27. The number of benzene rings is 2. The van der Waals surface area contributed by atoms with Crippen LogP contribution >= 0.6 is 46.4 Å². The van der Waals surface area contributed by atoms with Crippen molar-refractivity contribution in [3.8, 4) is 5.75 Å². The molecule has 6 nitrogen and oxygen atoms in total. The van der Waals surface area contributed by atoms with Crippen LogP contribution in [0.1, 0.15) is 44.3 Å². The van der Waals surface area contributed by atoms with Gasteiger partial charge in [0.15, 0.2) is 0 Å². The smallest absolute Gasteiger partial charge is 0.263 e. The lowest BCUT2D eigenvalue weighted by molar-refractivity contribution is -0.122. The van der Waals surface area contributed by atoms with Crippen molar-refractivity contribution >= 4 is 64.1 Å².